The van der Waals surface area contributed by atoms with Gasteiger partial charge in [-0.1, -0.05) is 18.2 Å². The highest BCUT2D eigenvalue weighted by atomic mass is 16.5. The first kappa shape index (κ1) is 20.3. The maximum atomic E-state index is 12.7. The van der Waals surface area contributed by atoms with E-state index < -0.39 is 6.10 Å². The van der Waals surface area contributed by atoms with Crippen LogP contribution in [-0.2, 0) is 33.7 Å². The zero-order chi connectivity index (χ0) is 22.2. The number of nitrogens with one attached hydrogen (secondary N) is 2. The third-order valence-electron chi connectivity index (χ3n) is 6.37. The van der Waals surface area contributed by atoms with Gasteiger partial charge in [-0.15, -0.1) is 0 Å². The fourth-order valence-corrected chi connectivity index (χ4v) is 4.65. The van der Waals surface area contributed by atoms with Crippen LogP contribution in [0.2, 0.25) is 0 Å². The SMILES string of the molecule is CCn1c2ccccc2c2cc(NC(=O)C(C)OC(=O)C3CCc4cn[nH]c4C3)ccc21. The first-order valence-corrected chi connectivity index (χ1v) is 11.1. The first-order valence-electron chi connectivity index (χ1n) is 11.1. The molecule has 5 rings (SSSR count). The molecule has 32 heavy (non-hydrogen) atoms. The lowest BCUT2D eigenvalue weighted by Crippen LogP contribution is -2.34. The van der Waals surface area contributed by atoms with Gasteiger partial charge in [0.15, 0.2) is 6.10 Å². The Labute approximate surface area is 185 Å². The van der Waals surface area contributed by atoms with Gasteiger partial charge in [0, 0.05) is 46.2 Å². The van der Waals surface area contributed by atoms with E-state index in [0.717, 1.165) is 40.5 Å². The van der Waals surface area contributed by atoms with Crippen LogP contribution in [0.4, 0.5) is 5.69 Å². The van der Waals surface area contributed by atoms with E-state index in [1.54, 1.807) is 6.92 Å². The zero-order valence-electron chi connectivity index (χ0n) is 18.2. The molecule has 1 aliphatic rings. The molecule has 2 aromatic carbocycles. The molecule has 0 saturated carbocycles. The second-order valence-electron chi connectivity index (χ2n) is 8.38. The van der Waals surface area contributed by atoms with Crippen LogP contribution in [0.15, 0.2) is 48.7 Å². The monoisotopic (exact) mass is 430 g/mol. The van der Waals surface area contributed by atoms with Crippen molar-refractivity contribution in [2.75, 3.05) is 5.32 Å². The Morgan fingerprint density at radius 2 is 2.03 bits per heavy atom. The molecule has 1 aliphatic carbocycles. The van der Waals surface area contributed by atoms with E-state index in [9.17, 15) is 9.59 Å². The van der Waals surface area contributed by atoms with Crippen molar-refractivity contribution < 1.29 is 14.3 Å². The van der Waals surface area contributed by atoms with Gasteiger partial charge < -0.3 is 14.6 Å². The summed E-state index contributed by atoms with van der Waals surface area (Å²) in [5, 5.41) is 12.1. The lowest BCUT2D eigenvalue weighted by Gasteiger charge is -2.22. The molecule has 0 fully saturated rings. The Morgan fingerprint density at radius 3 is 2.88 bits per heavy atom. The number of ether oxygens (including phenoxy) is 1. The largest absolute Gasteiger partial charge is 0.452 e. The number of para-hydroxylation sites is 1. The molecule has 0 bridgehead atoms. The van der Waals surface area contributed by atoms with Crippen LogP contribution in [0.5, 0.6) is 0 Å². The van der Waals surface area contributed by atoms with Crippen molar-refractivity contribution in [1.82, 2.24) is 14.8 Å². The van der Waals surface area contributed by atoms with Gasteiger partial charge in [-0.3, -0.25) is 14.7 Å². The van der Waals surface area contributed by atoms with E-state index in [2.05, 4.69) is 39.1 Å². The van der Waals surface area contributed by atoms with E-state index in [4.69, 9.17) is 4.74 Å². The van der Waals surface area contributed by atoms with E-state index in [0.29, 0.717) is 18.5 Å². The van der Waals surface area contributed by atoms with Crippen molar-refractivity contribution in [3.8, 4) is 0 Å². The van der Waals surface area contributed by atoms with Crippen molar-refractivity contribution in [3.63, 3.8) is 0 Å². The number of aromatic nitrogens is 3. The van der Waals surface area contributed by atoms with Crippen molar-refractivity contribution in [2.45, 2.75) is 45.8 Å². The topological polar surface area (TPSA) is 89.0 Å². The van der Waals surface area contributed by atoms with Crippen LogP contribution in [0.3, 0.4) is 0 Å². The lowest BCUT2D eigenvalue weighted by molar-refractivity contribution is -0.157. The summed E-state index contributed by atoms with van der Waals surface area (Å²) in [7, 11) is 0. The molecule has 2 unspecified atom stereocenters. The molecule has 7 heteroatoms. The number of hydrogen-bond donors (Lipinski definition) is 2. The van der Waals surface area contributed by atoms with Crippen LogP contribution in [0, 0.1) is 5.92 Å². The molecule has 1 amide bonds. The maximum Gasteiger partial charge on any atom is 0.310 e. The van der Waals surface area contributed by atoms with E-state index in [-0.39, 0.29) is 17.8 Å². The summed E-state index contributed by atoms with van der Waals surface area (Å²) in [6.07, 6.45) is 3.00. The van der Waals surface area contributed by atoms with Gasteiger partial charge in [0.05, 0.1) is 12.1 Å². The predicted octanol–water partition coefficient (Wildman–Crippen LogP) is 4.21. The van der Waals surface area contributed by atoms with Gasteiger partial charge in [-0.25, -0.2) is 0 Å². The average molecular weight is 431 g/mol. The molecule has 0 spiro atoms. The minimum absolute atomic E-state index is 0.255. The Morgan fingerprint density at radius 1 is 1.22 bits per heavy atom. The molecule has 0 aliphatic heterocycles. The number of nitrogens with zero attached hydrogens (tertiary/aromatic N) is 2. The van der Waals surface area contributed by atoms with Crippen LogP contribution in [0.1, 0.15) is 31.5 Å². The number of rotatable bonds is 5. The van der Waals surface area contributed by atoms with E-state index >= 15 is 0 Å². The molecule has 7 nitrogen and oxygen atoms in total. The Bertz CT molecular complexity index is 1320. The molecule has 2 N–H and O–H groups in total. The fourth-order valence-electron chi connectivity index (χ4n) is 4.65. The fraction of sp³-hybridized carbons (Fsp3) is 0.320. The summed E-state index contributed by atoms with van der Waals surface area (Å²) >= 11 is 0. The van der Waals surface area contributed by atoms with Crippen LogP contribution in [0.25, 0.3) is 21.8 Å². The molecule has 2 atom stereocenters. The minimum Gasteiger partial charge on any atom is -0.452 e. The molecule has 4 aromatic rings. The molecule has 0 saturated heterocycles. The predicted molar refractivity (Wildman–Crippen MR) is 123 cm³/mol. The zero-order valence-corrected chi connectivity index (χ0v) is 18.2. The summed E-state index contributed by atoms with van der Waals surface area (Å²) in [6.45, 7) is 4.60. The number of anilines is 1. The Hall–Kier alpha value is -3.61. The van der Waals surface area contributed by atoms with Gasteiger partial charge in [-0.05, 0) is 56.5 Å². The third kappa shape index (κ3) is 3.53. The first-order chi connectivity index (χ1) is 15.5. The number of hydrogen-bond acceptors (Lipinski definition) is 4. The number of aryl methyl sites for hydroxylation is 2. The number of H-pyrrole nitrogens is 1. The standard InChI is InChI=1S/C25H26N4O3/c1-3-29-22-7-5-4-6-19(22)20-13-18(10-11-23(20)29)27-24(30)15(2)32-25(31)16-8-9-17-14-26-28-21(17)12-16/h4-7,10-11,13-16H,3,8-9,12H2,1-2H3,(H,26,28)(H,27,30). The van der Waals surface area contributed by atoms with Crippen LogP contribution >= 0.6 is 0 Å². The highest BCUT2D eigenvalue weighted by molar-refractivity contribution is 6.10. The third-order valence-corrected chi connectivity index (χ3v) is 6.37. The summed E-state index contributed by atoms with van der Waals surface area (Å²) < 4.78 is 7.77. The number of aromatic amines is 1. The molecular formula is C25H26N4O3. The summed E-state index contributed by atoms with van der Waals surface area (Å²) in [5.41, 5.74) is 5.11. The number of amides is 1. The smallest absolute Gasteiger partial charge is 0.310 e. The summed E-state index contributed by atoms with van der Waals surface area (Å²) in [5.74, 6) is -0.931. The number of fused-ring (bicyclic) bond motifs is 4. The molecule has 2 aromatic heterocycles. The van der Waals surface area contributed by atoms with Crippen LogP contribution < -0.4 is 5.32 Å². The van der Waals surface area contributed by atoms with E-state index in [1.165, 1.54) is 5.52 Å². The number of carbonyl (C=O) groups excluding carboxylic acids is 2. The molecule has 164 valence electrons. The number of benzene rings is 2. The molecular weight excluding hydrogens is 404 g/mol. The van der Waals surface area contributed by atoms with Gasteiger partial charge in [0.25, 0.3) is 5.91 Å². The molecule has 0 radical (unpaired) electrons. The van der Waals surface area contributed by atoms with Gasteiger partial charge in [0.2, 0.25) is 0 Å². The van der Waals surface area contributed by atoms with Crippen LogP contribution in [-0.4, -0.2) is 32.7 Å². The Kier molecular flexibility index (Phi) is 5.17. The summed E-state index contributed by atoms with van der Waals surface area (Å²) in [6, 6.07) is 14.1. The quantitative estimate of drug-likeness (QED) is 0.464. The second kappa shape index (κ2) is 8.15. The average Bonchev–Trinajstić information content (AvgIpc) is 3.40. The lowest BCUT2D eigenvalue weighted by atomic mass is 9.88. The highest BCUT2D eigenvalue weighted by Crippen LogP contribution is 2.31. The second-order valence-corrected chi connectivity index (χ2v) is 8.38. The number of carbonyl (C=O) groups is 2. The van der Waals surface area contributed by atoms with Gasteiger partial charge in [-0.2, -0.15) is 5.10 Å². The molecule has 2 heterocycles. The Balaban J connectivity index is 1.29. The van der Waals surface area contributed by atoms with Gasteiger partial charge in [0.1, 0.15) is 0 Å². The van der Waals surface area contributed by atoms with Crippen molar-refractivity contribution >= 4 is 39.4 Å². The summed E-state index contributed by atoms with van der Waals surface area (Å²) in [4.78, 5) is 25.4. The van der Waals surface area contributed by atoms with Gasteiger partial charge >= 0.3 is 5.97 Å². The minimum atomic E-state index is -0.877. The van der Waals surface area contributed by atoms with E-state index in [1.807, 2.05) is 36.5 Å². The highest BCUT2D eigenvalue weighted by Gasteiger charge is 2.29. The number of esters is 1. The normalized spacial score (nSPS) is 16.6. The van der Waals surface area contributed by atoms with Crippen molar-refractivity contribution in [2.24, 2.45) is 5.92 Å². The van der Waals surface area contributed by atoms with Crippen molar-refractivity contribution in [3.05, 3.63) is 59.9 Å². The van der Waals surface area contributed by atoms with Crippen molar-refractivity contribution in [1.29, 1.82) is 0 Å². The maximum absolute atomic E-state index is 12.7.